The molecular formula is C17H21N3O2. The largest absolute Gasteiger partial charge is 0.489 e. The lowest BCUT2D eigenvalue weighted by Crippen LogP contribution is -2.30. The van der Waals surface area contributed by atoms with Crippen molar-refractivity contribution in [1.29, 1.82) is 0 Å². The predicted molar refractivity (Wildman–Crippen MR) is 83.6 cm³/mol. The van der Waals surface area contributed by atoms with E-state index >= 15 is 0 Å². The third kappa shape index (κ3) is 3.87. The summed E-state index contributed by atoms with van der Waals surface area (Å²) in [6, 6.07) is 9.80. The number of H-pyrrole nitrogens is 1. The first-order chi connectivity index (χ1) is 10.8. The Morgan fingerprint density at radius 3 is 3.00 bits per heavy atom. The van der Waals surface area contributed by atoms with E-state index in [1.165, 1.54) is 0 Å². The summed E-state index contributed by atoms with van der Waals surface area (Å²) in [5, 5.41) is 6.70. The number of para-hydroxylation sites is 1. The Balaban J connectivity index is 1.41. The number of hydrogen-bond acceptors (Lipinski definition) is 3. The van der Waals surface area contributed by atoms with Crippen LogP contribution in [0.15, 0.2) is 42.7 Å². The van der Waals surface area contributed by atoms with Crippen LogP contribution >= 0.6 is 0 Å². The number of hydrogen-bond donors (Lipinski definition) is 1. The van der Waals surface area contributed by atoms with Crippen LogP contribution in [0.1, 0.15) is 24.8 Å². The molecule has 0 aliphatic carbocycles. The zero-order valence-electron chi connectivity index (χ0n) is 12.6. The molecule has 116 valence electrons. The fraction of sp³-hybridized carbons (Fsp3) is 0.412. The second-order valence-corrected chi connectivity index (χ2v) is 5.64. The number of amides is 1. The van der Waals surface area contributed by atoms with Crippen LogP contribution in [0.25, 0.3) is 0 Å². The first kappa shape index (κ1) is 14.6. The van der Waals surface area contributed by atoms with Crippen molar-refractivity contribution in [3.8, 4) is 5.75 Å². The number of likely N-dealkylation sites (tertiary alicyclic amines) is 1. The maximum absolute atomic E-state index is 12.2. The fourth-order valence-corrected chi connectivity index (χ4v) is 2.76. The molecule has 22 heavy (non-hydrogen) atoms. The number of carbonyl (C=O) groups excluding carboxylic acids is 1. The highest BCUT2D eigenvalue weighted by molar-refractivity contribution is 5.76. The van der Waals surface area contributed by atoms with Crippen molar-refractivity contribution >= 4 is 5.91 Å². The molecule has 2 heterocycles. The average molecular weight is 299 g/mol. The monoisotopic (exact) mass is 299 g/mol. The van der Waals surface area contributed by atoms with Crippen molar-refractivity contribution in [2.45, 2.75) is 31.8 Å². The Labute approximate surface area is 130 Å². The van der Waals surface area contributed by atoms with E-state index in [0.717, 1.165) is 37.1 Å². The molecule has 1 fully saturated rings. The summed E-state index contributed by atoms with van der Waals surface area (Å²) in [5.74, 6) is 1.10. The number of aryl methyl sites for hydroxylation is 1. The van der Waals surface area contributed by atoms with Gasteiger partial charge >= 0.3 is 0 Å². The second kappa shape index (κ2) is 7.11. The maximum Gasteiger partial charge on any atom is 0.222 e. The molecule has 0 saturated carbocycles. The Hall–Kier alpha value is -2.30. The van der Waals surface area contributed by atoms with Gasteiger partial charge in [-0.3, -0.25) is 9.89 Å². The van der Waals surface area contributed by atoms with E-state index in [9.17, 15) is 4.79 Å². The van der Waals surface area contributed by atoms with Gasteiger partial charge < -0.3 is 9.64 Å². The highest BCUT2D eigenvalue weighted by Gasteiger charge is 2.27. The average Bonchev–Trinajstić information content (AvgIpc) is 3.20. The summed E-state index contributed by atoms with van der Waals surface area (Å²) in [6.07, 6.45) is 7.04. The van der Waals surface area contributed by atoms with Crippen LogP contribution in [0, 0.1) is 0 Å². The molecule has 1 aliphatic heterocycles. The van der Waals surface area contributed by atoms with Gasteiger partial charge in [0.2, 0.25) is 5.91 Å². The number of nitrogens with zero attached hydrogens (tertiary/aromatic N) is 2. The Kier molecular flexibility index (Phi) is 4.73. The highest BCUT2D eigenvalue weighted by atomic mass is 16.5. The van der Waals surface area contributed by atoms with Gasteiger partial charge in [-0.25, -0.2) is 0 Å². The molecule has 1 N–H and O–H groups in total. The van der Waals surface area contributed by atoms with Gasteiger partial charge in [-0.05, 0) is 30.5 Å². The number of aromatic amines is 1. The van der Waals surface area contributed by atoms with Crippen molar-refractivity contribution in [3.63, 3.8) is 0 Å². The normalized spacial score (nSPS) is 17.6. The standard InChI is InChI=1S/C17H21N3O2/c21-17(8-4-5-14-11-18-19-12-14)20-10-9-16(13-20)22-15-6-2-1-3-7-15/h1-3,6-7,11-12,16H,4-5,8-10,13H2,(H,18,19)/t16-/m0/s1. The first-order valence-corrected chi connectivity index (χ1v) is 7.78. The number of rotatable bonds is 6. The summed E-state index contributed by atoms with van der Waals surface area (Å²) in [5.41, 5.74) is 1.15. The molecule has 1 aliphatic rings. The smallest absolute Gasteiger partial charge is 0.222 e. The Bertz CT molecular complexity index is 583. The lowest BCUT2D eigenvalue weighted by atomic mass is 10.1. The van der Waals surface area contributed by atoms with Gasteiger partial charge in [0.05, 0.1) is 12.7 Å². The van der Waals surface area contributed by atoms with Gasteiger partial charge in [0.25, 0.3) is 0 Å². The second-order valence-electron chi connectivity index (χ2n) is 5.64. The van der Waals surface area contributed by atoms with Crippen LogP contribution in [-0.2, 0) is 11.2 Å². The van der Waals surface area contributed by atoms with Crippen molar-refractivity contribution in [1.82, 2.24) is 15.1 Å². The first-order valence-electron chi connectivity index (χ1n) is 7.78. The fourth-order valence-electron chi connectivity index (χ4n) is 2.76. The molecule has 0 bridgehead atoms. The minimum atomic E-state index is 0.111. The molecule has 3 rings (SSSR count). The third-order valence-electron chi connectivity index (χ3n) is 3.95. The molecule has 1 atom stereocenters. The van der Waals surface area contributed by atoms with Gasteiger partial charge in [-0.2, -0.15) is 5.10 Å². The number of aromatic nitrogens is 2. The maximum atomic E-state index is 12.2. The molecule has 0 spiro atoms. The zero-order chi connectivity index (χ0) is 15.2. The SMILES string of the molecule is O=C(CCCc1cn[nH]c1)N1CC[C@H](Oc2ccccc2)C1. The van der Waals surface area contributed by atoms with Gasteiger partial charge in [0, 0.05) is 25.6 Å². The van der Waals surface area contributed by atoms with Crippen LogP contribution in [-0.4, -0.2) is 40.2 Å². The lowest BCUT2D eigenvalue weighted by molar-refractivity contribution is -0.130. The molecule has 1 aromatic carbocycles. The minimum Gasteiger partial charge on any atom is -0.489 e. The van der Waals surface area contributed by atoms with Gasteiger partial charge in [0.15, 0.2) is 0 Å². The topological polar surface area (TPSA) is 58.2 Å². The minimum absolute atomic E-state index is 0.111. The van der Waals surface area contributed by atoms with Gasteiger partial charge in [-0.15, -0.1) is 0 Å². The van der Waals surface area contributed by atoms with E-state index < -0.39 is 0 Å². The van der Waals surface area contributed by atoms with Gasteiger partial charge in [-0.1, -0.05) is 18.2 Å². The number of ether oxygens (including phenoxy) is 1. The zero-order valence-corrected chi connectivity index (χ0v) is 12.6. The van der Waals surface area contributed by atoms with Crippen molar-refractivity contribution in [2.75, 3.05) is 13.1 Å². The van der Waals surface area contributed by atoms with E-state index in [1.807, 2.05) is 47.6 Å². The van der Waals surface area contributed by atoms with Crippen LogP contribution in [0.5, 0.6) is 5.75 Å². The van der Waals surface area contributed by atoms with E-state index in [-0.39, 0.29) is 12.0 Å². The predicted octanol–water partition coefficient (Wildman–Crippen LogP) is 2.41. The molecule has 1 saturated heterocycles. The summed E-state index contributed by atoms with van der Waals surface area (Å²) in [6.45, 7) is 1.49. The molecule has 2 aromatic rings. The van der Waals surface area contributed by atoms with E-state index in [1.54, 1.807) is 0 Å². The molecule has 1 aromatic heterocycles. The van der Waals surface area contributed by atoms with Crippen LogP contribution in [0.3, 0.4) is 0 Å². The van der Waals surface area contributed by atoms with Crippen molar-refractivity contribution in [2.24, 2.45) is 0 Å². The number of nitrogens with one attached hydrogen (secondary N) is 1. The van der Waals surface area contributed by atoms with Crippen LogP contribution in [0.4, 0.5) is 0 Å². The molecule has 0 unspecified atom stereocenters. The van der Waals surface area contributed by atoms with E-state index in [0.29, 0.717) is 13.0 Å². The van der Waals surface area contributed by atoms with Crippen LogP contribution in [0.2, 0.25) is 0 Å². The summed E-state index contributed by atoms with van der Waals surface area (Å²) in [4.78, 5) is 14.1. The van der Waals surface area contributed by atoms with E-state index in [4.69, 9.17) is 4.74 Å². The van der Waals surface area contributed by atoms with E-state index in [2.05, 4.69) is 10.2 Å². The summed E-state index contributed by atoms with van der Waals surface area (Å²) in [7, 11) is 0. The van der Waals surface area contributed by atoms with Gasteiger partial charge in [0.1, 0.15) is 11.9 Å². The third-order valence-corrected chi connectivity index (χ3v) is 3.95. The molecule has 5 nitrogen and oxygen atoms in total. The molecule has 5 heteroatoms. The highest BCUT2D eigenvalue weighted by Crippen LogP contribution is 2.19. The lowest BCUT2D eigenvalue weighted by Gasteiger charge is -2.17. The quantitative estimate of drug-likeness (QED) is 0.891. The van der Waals surface area contributed by atoms with Crippen molar-refractivity contribution < 1.29 is 9.53 Å². The molecule has 0 radical (unpaired) electrons. The summed E-state index contributed by atoms with van der Waals surface area (Å²) < 4.78 is 5.91. The Morgan fingerprint density at radius 2 is 2.23 bits per heavy atom. The molecule has 1 amide bonds. The number of carbonyl (C=O) groups is 1. The molecular weight excluding hydrogens is 278 g/mol. The van der Waals surface area contributed by atoms with Crippen molar-refractivity contribution in [3.05, 3.63) is 48.3 Å². The Morgan fingerprint density at radius 1 is 1.36 bits per heavy atom. The number of benzene rings is 1. The summed E-state index contributed by atoms with van der Waals surface area (Å²) >= 11 is 0. The van der Waals surface area contributed by atoms with Crippen LogP contribution < -0.4 is 4.74 Å².